The van der Waals surface area contributed by atoms with E-state index in [4.69, 9.17) is 15.0 Å². The largest absolute Gasteiger partial charge is 0.309 e. The fourth-order valence-corrected chi connectivity index (χ4v) is 10.8. The number of nitrogens with zero attached hydrogens (tertiary/aromatic N) is 5. The number of para-hydroxylation sites is 1. The van der Waals surface area contributed by atoms with Crippen LogP contribution in [0.5, 0.6) is 0 Å². The number of aromatic nitrogens is 4. The number of rotatable bonds is 6. The van der Waals surface area contributed by atoms with Gasteiger partial charge < -0.3 is 4.57 Å². The monoisotopic (exact) mass is 709 g/mol. The lowest BCUT2D eigenvalue weighted by atomic mass is 9.48. The highest BCUT2D eigenvalue weighted by atomic mass is 15.0. The summed E-state index contributed by atoms with van der Waals surface area (Å²) in [5, 5.41) is 11.7. The molecule has 5 nitrogen and oxygen atoms in total. The van der Waals surface area contributed by atoms with Gasteiger partial charge in [0.2, 0.25) is 0 Å². The van der Waals surface area contributed by atoms with E-state index in [1.165, 1.54) is 49.7 Å². The van der Waals surface area contributed by atoms with Crippen LogP contribution in [0.25, 0.3) is 72.8 Å². The molecular weight excluding hydrogens is 671 g/mol. The Balaban J connectivity index is 1.03. The molecule has 8 aromatic rings. The van der Waals surface area contributed by atoms with E-state index >= 15 is 0 Å². The highest BCUT2D eigenvalue weighted by molar-refractivity contribution is 6.10. The first-order valence-electron chi connectivity index (χ1n) is 19.7. The van der Waals surface area contributed by atoms with Gasteiger partial charge in [-0.25, -0.2) is 15.0 Å². The van der Waals surface area contributed by atoms with Crippen LogP contribution in [0.4, 0.5) is 0 Å². The first kappa shape index (κ1) is 32.1. The molecule has 0 saturated heterocycles. The Morgan fingerprint density at radius 1 is 0.509 bits per heavy atom. The number of hydrogen-bond acceptors (Lipinski definition) is 4. The van der Waals surface area contributed by atoms with E-state index in [1.54, 1.807) is 0 Å². The normalized spacial score (nSPS) is 21.3. The maximum atomic E-state index is 9.42. The predicted molar refractivity (Wildman–Crippen MR) is 220 cm³/mol. The van der Waals surface area contributed by atoms with Gasteiger partial charge in [0, 0.05) is 33.2 Å². The Labute approximate surface area is 321 Å². The van der Waals surface area contributed by atoms with Crippen LogP contribution in [0, 0.1) is 29.1 Å². The van der Waals surface area contributed by atoms with Gasteiger partial charge in [0.05, 0.1) is 22.7 Å². The Kier molecular flexibility index (Phi) is 7.35. The van der Waals surface area contributed by atoms with E-state index in [0.29, 0.717) is 28.5 Å². The van der Waals surface area contributed by atoms with Crippen LogP contribution in [-0.2, 0) is 5.41 Å². The number of nitriles is 1. The Hall–Kier alpha value is -6.38. The first-order chi connectivity index (χ1) is 27.1. The Morgan fingerprint density at radius 3 is 1.80 bits per heavy atom. The average molecular weight is 710 g/mol. The van der Waals surface area contributed by atoms with E-state index in [0.717, 1.165) is 67.5 Å². The zero-order chi connectivity index (χ0) is 36.5. The van der Waals surface area contributed by atoms with E-state index in [9.17, 15) is 5.26 Å². The number of fused-ring (bicyclic) bond motifs is 3. The fraction of sp³-hybridized carbons (Fsp3) is 0.200. The van der Waals surface area contributed by atoms with Gasteiger partial charge in [-0.2, -0.15) is 5.26 Å². The summed E-state index contributed by atoms with van der Waals surface area (Å²) in [5.41, 5.74) is 10.9. The maximum Gasteiger partial charge on any atom is 0.164 e. The van der Waals surface area contributed by atoms with Crippen molar-refractivity contribution in [2.45, 2.75) is 43.9 Å². The van der Waals surface area contributed by atoms with Crippen LogP contribution in [0.2, 0.25) is 0 Å². The van der Waals surface area contributed by atoms with E-state index in [2.05, 4.69) is 114 Å². The fourth-order valence-electron chi connectivity index (χ4n) is 10.8. The molecule has 4 bridgehead atoms. The SMILES string of the molecule is N#Cc1ccc(-n2c3ccccc3c3cc(-c4nc(-c5ccccc5)nc(-c5ccccc5-c5ccc(C67C[C@H]8C[C@H](C6)C[C@@H](C7)C8)cc5)n4)ccc32)cc1. The zero-order valence-corrected chi connectivity index (χ0v) is 30.6. The highest BCUT2D eigenvalue weighted by Gasteiger charge is 2.51. The maximum absolute atomic E-state index is 9.42. The van der Waals surface area contributed by atoms with Crippen molar-refractivity contribution in [3.05, 3.63) is 157 Å². The van der Waals surface area contributed by atoms with Crippen LogP contribution < -0.4 is 0 Å². The van der Waals surface area contributed by atoms with Crippen LogP contribution >= 0.6 is 0 Å². The van der Waals surface area contributed by atoms with Gasteiger partial charge in [-0.05, 0) is 127 Å². The molecule has 0 amide bonds. The molecule has 55 heavy (non-hydrogen) atoms. The molecule has 4 saturated carbocycles. The minimum absolute atomic E-state index is 0.371. The topological polar surface area (TPSA) is 67.4 Å². The van der Waals surface area contributed by atoms with Crippen molar-refractivity contribution < 1.29 is 0 Å². The van der Waals surface area contributed by atoms with Crippen molar-refractivity contribution in [2.75, 3.05) is 0 Å². The van der Waals surface area contributed by atoms with Crippen LogP contribution in [-0.4, -0.2) is 19.5 Å². The summed E-state index contributed by atoms with van der Waals surface area (Å²) in [7, 11) is 0. The van der Waals surface area contributed by atoms with Crippen molar-refractivity contribution >= 4 is 21.8 Å². The first-order valence-corrected chi connectivity index (χ1v) is 19.7. The smallest absolute Gasteiger partial charge is 0.164 e. The molecule has 0 aliphatic heterocycles. The summed E-state index contributed by atoms with van der Waals surface area (Å²) in [6.07, 6.45) is 8.48. The summed E-state index contributed by atoms with van der Waals surface area (Å²) in [5.74, 6) is 4.70. The number of benzene rings is 6. The van der Waals surface area contributed by atoms with E-state index in [1.807, 2.05) is 42.5 Å². The van der Waals surface area contributed by atoms with Crippen molar-refractivity contribution in [1.29, 1.82) is 5.26 Å². The van der Waals surface area contributed by atoms with Gasteiger partial charge in [0.25, 0.3) is 0 Å². The van der Waals surface area contributed by atoms with Gasteiger partial charge in [-0.3, -0.25) is 0 Å². The van der Waals surface area contributed by atoms with Crippen LogP contribution in [0.3, 0.4) is 0 Å². The van der Waals surface area contributed by atoms with Gasteiger partial charge >= 0.3 is 0 Å². The molecule has 5 heteroatoms. The zero-order valence-electron chi connectivity index (χ0n) is 30.6. The van der Waals surface area contributed by atoms with Crippen molar-refractivity contribution in [3.63, 3.8) is 0 Å². The lowest BCUT2D eigenvalue weighted by Crippen LogP contribution is -2.48. The Morgan fingerprint density at radius 2 is 1.09 bits per heavy atom. The van der Waals surface area contributed by atoms with E-state index in [-0.39, 0.29) is 0 Å². The molecule has 0 atom stereocenters. The standard InChI is InChI=1S/C50H39N5/c51-31-32-14-21-40(22-15-32)55-45-13-7-6-11-42(45)44-27-38(18-23-46(44)55)48-52-47(37-8-2-1-3-9-37)53-49(54-48)43-12-5-4-10-41(43)36-16-19-39(20-17-36)50-28-33-24-34(29-50)26-35(25-33)30-50/h1-23,27,33-35H,24-26,28-30H2/t33-,34-,35-,50?. The molecule has 12 rings (SSSR count). The van der Waals surface area contributed by atoms with Gasteiger partial charge in [-0.1, -0.05) is 97.1 Å². The summed E-state index contributed by atoms with van der Waals surface area (Å²) in [6, 6.07) is 53.2. The predicted octanol–water partition coefficient (Wildman–Crippen LogP) is 12.0. The van der Waals surface area contributed by atoms with Crippen molar-refractivity contribution in [3.8, 4) is 57.0 Å². The molecule has 4 aliphatic rings. The second-order valence-corrected chi connectivity index (χ2v) is 16.2. The molecule has 0 N–H and O–H groups in total. The molecular formula is C50H39N5. The lowest BCUT2D eigenvalue weighted by molar-refractivity contribution is -0.00518. The average Bonchev–Trinajstić information content (AvgIpc) is 3.57. The molecule has 6 aromatic carbocycles. The minimum atomic E-state index is 0.371. The Bertz CT molecular complexity index is 2760. The van der Waals surface area contributed by atoms with Crippen LogP contribution in [0.1, 0.15) is 49.7 Å². The molecule has 264 valence electrons. The molecule has 4 aliphatic carbocycles. The molecule has 0 spiro atoms. The summed E-state index contributed by atoms with van der Waals surface area (Å²) >= 11 is 0. The van der Waals surface area contributed by atoms with Gasteiger partial charge in [0.15, 0.2) is 17.5 Å². The molecule has 0 radical (unpaired) electrons. The summed E-state index contributed by atoms with van der Waals surface area (Å²) in [4.78, 5) is 15.5. The van der Waals surface area contributed by atoms with Gasteiger partial charge in [-0.15, -0.1) is 0 Å². The summed E-state index contributed by atoms with van der Waals surface area (Å²) in [6.45, 7) is 0. The second kappa shape index (κ2) is 12.6. The highest BCUT2D eigenvalue weighted by Crippen LogP contribution is 2.60. The third-order valence-electron chi connectivity index (χ3n) is 12.9. The van der Waals surface area contributed by atoms with Gasteiger partial charge in [0.1, 0.15) is 0 Å². The molecule has 2 heterocycles. The number of hydrogen-bond donors (Lipinski definition) is 0. The third kappa shape index (κ3) is 5.39. The lowest BCUT2D eigenvalue weighted by Gasteiger charge is -2.57. The molecule has 2 aromatic heterocycles. The van der Waals surface area contributed by atoms with Crippen LogP contribution in [0.15, 0.2) is 146 Å². The molecule has 4 fully saturated rings. The minimum Gasteiger partial charge on any atom is -0.309 e. The van der Waals surface area contributed by atoms with E-state index < -0.39 is 0 Å². The second-order valence-electron chi connectivity index (χ2n) is 16.2. The molecule has 0 unspecified atom stereocenters. The quantitative estimate of drug-likeness (QED) is 0.172. The van der Waals surface area contributed by atoms with Crippen molar-refractivity contribution in [2.24, 2.45) is 17.8 Å². The third-order valence-corrected chi connectivity index (χ3v) is 12.9. The van der Waals surface area contributed by atoms with Crippen molar-refractivity contribution in [1.82, 2.24) is 19.5 Å². The summed E-state index contributed by atoms with van der Waals surface area (Å²) < 4.78 is 2.26.